The zero-order valence-corrected chi connectivity index (χ0v) is 9.40. The highest BCUT2D eigenvalue weighted by atomic mass is 32.2. The van der Waals surface area contributed by atoms with Gasteiger partial charge in [0.05, 0.1) is 11.6 Å². The van der Waals surface area contributed by atoms with Gasteiger partial charge in [-0.2, -0.15) is 5.26 Å². The van der Waals surface area contributed by atoms with Crippen LogP contribution in [0.25, 0.3) is 0 Å². The number of aromatic nitrogens is 3. The summed E-state index contributed by atoms with van der Waals surface area (Å²) in [5, 5.41) is 10.4. The van der Waals surface area contributed by atoms with Crippen LogP contribution in [0.2, 0.25) is 0 Å². The zero-order chi connectivity index (χ0) is 11.4. The van der Waals surface area contributed by atoms with Crippen molar-refractivity contribution in [3.05, 3.63) is 42.0 Å². The van der Waals surface area contributed by atoms with Crippen molar-refractivity contribution in [2.75, 3.05) is 0 Å². The smallest absolute Gasteiger partial charge is 0.116 e. The van der Waals surface area contributed by atoms with Gasteiger partial charge in [0.15, 0.2) is 0 Å². The molecule has 0 spiro atoms. The average Bonchev–Trinajstić information content (AvgIpc) is 2.29. The molecule has 0 saturated carbocycles. The molecule has 0 aliphatic heterocycles. The summed E-state index contributed by atoms with van der Waals surface area (Å²) in [5.41, 5.74) is 1.44. The maximum atomic E-state index is 8.84. The molecule has 2 aromatic rings. The van der Waals surface area contributed by atoms with Crippen LogP contribution in [-0.2, 0) is 0 Å². The minimum absolute atomic E-state index is 0.615. The highest BCUT2D eigenvalue weighted by Gasteiger charge is 2.02. The second-order valence-electron chi connectivity index (χ2n) is 3.10. The molecule has 0 unspecified atom stereocenters. The molecule has 2 heterocycles. The number of aryl methyl sites for hydroxylation is 1. The number of nitriles is 1. The summed E-state index contributed by atoms with van der Waals surface area (Å²) >= 11 is 1.42. The Kier molecular flexibility index (Phi) is 3.13. The molecule has 0 fully saturated rings. The fourth-order valence-electron chi connectivity index (χ4n) is 1.20. The van der Waals surface area contributed by atoms with E-state index in [2.05, 4.69) is 21.0 Å². The van der Waals surface area contributed by atoms with Crippen LogP contribution in [0.3, 0.4) is 0 Å². The molecule has 16 heavy (non-hydrogen) atoms. The fourth-order valence-corrected chi connectivity index (χ4v) is 2.02. The summed E-state index contributed by atoms with van der Waals surface area (Å²) in [4.78, 5) is 12.3. The van der Waals surface area contributed by atoms with E-state index in [9.17, 15) is 0 Å². The Morgan fingerprint density at radius 2 is 2.19 bits per heavy atom. The molecule has 5 heteroatoms. The van der Waals surface area contributed by atoms with E-state index >= 15 is 0 Å². The Balaban J connectivity index is 2.29. The van der Waals surface area contributed by atoms with Crippen LogP contribution in [0.15, 0.2) is 40.8 Å². The number of rotatable bonds is 2. The van der Waals surface area contributed by atoms with E-state index in [1.165, 1.54) is 18.1 Å². The first-order valence-electron chi connectivity index (χ1n) is 4.60. The molecule has 2 rings (SSSR count). The van der Waals surface area contributed by atoms with Gasteiger partial charge in [0, 0.05) is 11.9 Å². The molecule has 0 bridgehead atoms. The maximum Gasteiger partial charge on any atom is 0.116 e. The largest absolute Gasteiger partial charge is 0.246 e. The maximum absolute atomic E-state index is 8.84. The topological polar surface area (TPSA) is 62.5 Å². The van der Waals surface area contributed by atoms with Gasteiger partial charge in [-0.25, -0.2) is 15.0 Å². The van der Waals surface area contributed by atoms with Gasteiger partial charge in [-0.05, 0) is 36.9 Å². The van der Waals surface area contributed by atoms with Gasteiger partial charge in [0.25, 0.3) is 0 Å². The molecule has 2 aromatic heterocycles. The number of pyridine rings is 1. The lowest BCUT2D eigenvalue weighted by Crippen LogP contribution is -1.88. The third-order valence-electron chi connectivity index (χ3n) is 1.82. The molecule has 0 saturated heterocycles. The quantitative estimate of drug-likeness (QED) is 0.737. The van der Waals surface area contributed by atoms with Gasteiger partial charge in [-0.15, -0.1) is 0 Å². The Morgan fingerprint density at radius 3 is 2.88 bits per heavy atom. The lowest BCUT2D eigenvalue weighted by atomic mass is 10.2. The van der Waals surface area contributed by atoms with Crippen LogP contribution in [0, 0.1) is 18.3 Å². The van der Waals surface area contributed by atoms with E-state index < -0.39 is 0 Å². The zero-order valence-electron chi connectivity index (χ0n) is 8.58. The molecule has 4 nitrogen and oxygen atoms in total. The highest BCUT2D eigenvalue weighted by Crippen LogP contribution is 2.24. The third kappa shape index (κ3) is 2.55. The van der Waals surface area contributed by atoms with E-state index in [0.29, 0.717) is 5.56 Å². The molecule has 78 valence electrons. The number of hydrogen-bond donors (Lipinski definition) is 0. The molecule has 0 radical (unpaired) electrons. The Labute approximate surface area is 97.4 Å². The molecule has 0 amide bonds. The van der Waals surface area contributed by atoms with Crippen LogP contribution in [0.5, 0.6) is 0 Å². The first kappa shape index (κ1) is 10.6. The van der Waals surface area contributed by atoms with E-state index in [1.54, 1.807) is 24.4 Å². The normalized spacial score (nSPS) is 9.75. The van der Waals surface area contributed by atoms with Crippen molar-refractivity contribution in [3.8, 4) is 6.07 Å². The van der Waals surface area contributed by atoms with Gasteiger partial charge >= 0.3 is 0 Å². The minimum Gasteiger partial charge on any atom is -0.246 e. The summed E-state index contributed by atoms with van der Waals surface area (Å²) in [5.74, 6) is 0. The van der Waals surface area contributed by atoms with E-state index in [4.69, 9.17) is 5.26 Å². The molecule has 0 N–H and O–H groups in total. The molecular formula is C11H8N4S. The second kappa shape index (κ2) is 4.73. The van der Waals surface area contributed by atoms with Crippen LogP contribution >= 0.6 is 11.8 Å². The third-order valence-corrected chi connectivity index (χ3v) is 2.69. The Hall–Kier alpha value is -1.93. The van der Waals surface area contributed by atoms with Crippen molar-refractivity contribution in [2.45, 2.75) is 17.0 Å². The molecule has 0 aliphatic rings. The molecular weight excluding hydrogens is 220 g/mol. The fraction of sp³-hybridized carbons (Fsp3) is 0.0909. The Morgan fingerprint density at radius 1 is 1.31 bits per heavy atom. The van der Waals surface area contributed by atoms with Crippen LogP contribution in [0.4, 0.5) is 0 Å². The van der Waals surface area contributed by atoms with Crippen molar-refractivity contribution >= 4 is 11.8 Å². The highest BCUT2D eigenvalue weighted by molar-refractivity contribution is 7.99. The number of hydrogen-bond acceptors (Lipinski definition) is 5. The minimum atomic E-state index is 0.615. The first-order valence-corrected chi connectivity index (χ1v) is 5.42. The summed E-state index contributed by atoms with van der Waals surface area (Å²) < 4.78 is 0. The van der Waals surface area contributed by atoms with Crippen LogP contribution in [-0.4, -0.2) is 15.0 Å². The van der Waals surface area contributed by atoms with Crippen LogP contribution < -0.4 is 0 Å². The van der Waals surface area contributed by atoms with E-state index in [1.807, 2.05) is 6.92 Å². The standard InChI is InChI=1S/C11H8N4S/c1-8-4-9(6-12)5-11(15-8)16-10-2-3-13-7-14-10/h2-5,7H,1H3. The SMILES string of the molecule is Cc1cc(C#N)cc(Sc2ccncn2)n1. The predicted octanol–water partition coefficient (Wildman–Crippen LogP) is 2.20. The van der Waals surface area contributed by atoms with Crippen molar-refractivity contribution in [2.24, 2.45) is 0 Å². The summed E-state index contributed by atoms with van der Waals surface area (Å²) in [6.07, 6.45) is 3.17. The second-order valence-corrected chi connectivity index (χ2v) is 4.14. The summed E-state index contributed by atoms with van der Waals surface area (Å²) in [7, 11) is 0. The molecule has 0 aliphatic carbocycles. The van der Waals surface area contributed by atoms with Crippen molar-refractivity contribution in [1.82, 2.24) is 15.0 Å². The number of nitrogens with zero attached hydrogens (tertiary/aromatic N) is 4. The van der Waals surface area contributed by atoms with Gasteiger partial charge < -0.3 is 0 Å². The molecule has 0 atom stereocenters. The lowest BCUT2D eigenvalue weighted by molar-refractivity contribution is 1.02. The lowest BCUT2D eigenvalue weighted by Gasteiger charge is -2.01. The van der Waals surface area contributed by atoms with Gasteiger partial charge in [0.1, 0.15) is 16.4 Å². The monoisotopic (exact) mass is 228 g/mol. The summed E-state index contributed by atoms with van der Waals surface area (Å²) in [6.45, 7) is 1.87. The first-order chi connectivity index (χ1) is 7.78. The van der Waals surface area contributed by atoms with Gasteiger partial charge in [0.2, 0.25) is 0 Å². The Bertz CT molecular complexity index is 533. The van der Waals surface area contributed by atoms with Gasteiger partial charge in [-0.1, -0.05) is 0 Å². The predicted molar refractivity (Wildman–Crippen MR) is 59.8 cm³/mol. The molecule has 0 aromatic carbocycles. The van der Waals surface area contributed by atoms with E-state index in [0.717, 1.165) is 15.7 Å². The van der Waals surface area contributed by atoms with Gasteiger partial charge in [-0.3, -0.25) is 0 Å². The summed E-state index contributed by atoms with van der Waals surface area (Å²) in [6, 6.07) is 7.42. The van der Waals surface area contributed by atoms with Crippen molar-refractivity contribution in [1.29, 1.82) is 5.26 Å². The van der Waals surface area contributed by atoms with E-state index in [-0.39, 0.29) is 0 Å². The van der Waals surface area contributed by atoms with Crippen molar-refractivity contribution in [3.63, 3.8) is 0 Å². The average molecular weight is 228 g/mol. The van der Waals surface area contributed by atoms with Crippen molar-refractivity contribution < 1.29 is 0 Å². The van der Waals surface area contributed by atoms with Crippen LogP contribution in [0.1, 0.15) is 11.3 Å².